The van der Waals surface area contributed by atoms with Crippen LogP contribution >= 0.6 is 17.0 Å². The fourth-order valence-electron chi connectivity index (χ4n) is 3.94. The van der Waals surface area contributed by atoms with E-state index in [4.69, 9.17) is 14.9 Å². The Bertz CT molecular complexity index is 1170. The number of ketones is 1. The largest absolute Gasteiger partial charge is 0.482 e. The van der Waals surface area contributed by atoms with Gasteiger partial charge in [-0.1, -0.05) is 20.8 Å². The normalized spacial score (nSPS) is 13.2. The summed E-state index contributed by atoms with van der Waals surface area (Å²) in [4.78, 5) is 31.4. The molecule has 0 saturated carbocycles. The lowest BCUT2D eigenvalue weighted by Crippen LogP contribution is -2.30. The van der Waals surface area contributed by atoms with Gasteiger partial charge in [-0.05, 0) is 62.9 Å². The summed E-state index contributed by atoms with van der Waals surface area (Å²) in [7, 11) is 0. The van der Waals surface area contributed by atoms with Crippen LogP contribution in [0.4, 0.5) is 0 Å². The zero-order valence-electron chi connectivity index (χ0n) is 22.0. The topological polar surface area (TPSA) is 113 Å². The number of aliphatic hydroxyl groups is 1. The quantitative estimate of drug-likeness (QED) is 0.378. The maximum atomic E-state index is 13.2. The van der Waals surface area contributed by atoms with Crippen LogP contribution in [0.25, 0.3) is 0 Å². The van der Waals surface area contributed by atoms with Crippen LogP contribution in [0.5, 0.6) is 5.75 Å². The molecule has 3 rings (SSSR count). The number of amidine groups is 1. The van der Waals surface area contributed by atoms with Gasteiger partial charge in [-0.3, -0.25) is 10.2 Å². The third-order valence-electron chi connectivity index (χ3n) is 5.68. The number of aromatic nitrogens is 1. The van der Waals surface area contributed by atoms with Gasteiger partial charge in [0.25, 0.3) is 0 Å². The molecule has 9 heteroatoms. The summed E-state index contributed by atoms with van der Waals surface area (Å²) in [5, 5.41) is 18.0. The van der Waals surface area contributed by atoms with E-state index >= 15 is 0 Å². The molecule has 0 aliphatic carbocycles. The maximum absolute atomic E-state index is 13.2. The maximum Gasteiger partial charge on any atom is 0.344 e. The molecule has 36 heavy (non-hydrogen) atoms. The average molecular weight is 563 g/mol. The molecule has 0 atom stereocenters. The molecule has 0 saturated heterocycles. The summed E-state index contributed by atoms with van der Waals surface area (Å²) in [6, 6.07) is 7.04. The summed E-state index contributed by atoms with van der Waals surface area (Å²) in [5.41, 5.74) is 3.16. The van der Waals surface area contributed by atoms with Crippen LogP contribution in [-0.4, -0.2) is 51.3 Å². The number of esters is 1. The van der Waals surface area contributed by atoms with Crippen LogP contribution in [0.1, 0.15) is 80.0 Å². The summed E-state index contributed by atoms with van der Waals surface area (Å²) in [6.45, 7) is 13.3. The van der Waals surface area contributed by atoms with E-state index in [1.165, 1.54) is 0 Å². The van der Waals surface area contributed by atoms with Crippen molar-refractivity contribution >= 4 is 34.6 Å². The first-order valence-electron chi connectivity index (χ1n) is 11.7. The summed E-state index contributed by atoms with van der Waals surface area (Å²) >= 11 is 0. The average Bonchev–Trinajstić information content (AvgIpc) is 3.04. The summed E-state index contributed by atoms with van der Waals surface area (Å²) < 4.78 is 11.1. The number of ether oxygens (including phenoxy) is 2. The van der Waals surface area contributed by atoms with Crippen LogP contribution in [0.15, 0.2) is 24.3 Å². The molecule has 2 N–H and O–H groups in total. The lowest BCUT2D eigenvalue weighted by Gasteiger charge is -2.25. The highest BCUT2D eigenvalue weighted by molar-refractivity contribution is 8.93. The molecule has 0 bridgehead atoms. The molecule has 196 valence electrons. The molecule has 0 spiro atoms. The van der Waals surface area contributed by atoms with E-state index in [0.717, 1.165) is 16.7 Å². The Hall–Kier alpha value is -2.78. The van der Waals surface area contributed by atoms with Gasteiger partial charge < -0.3 is 19.5 Å². The van der Waals surface area contributed by atoms with Gasteiger partial charge in [0, 0.05) is 28.9 Å². The van der Waals surface area contributed by atoms with Gasteiger partial charge in [0.15, 0.2) is 12.4 Å². The fourth-order valence-corrected chi connectivity index (χ4v) is 3.94. The SMILES string of the molecule is Br.Cc1nc2c(cc1CO)CN(CC(=O)c1ccc(OCC(=O)OC(C)(C)C)c(C(C)(C)C)c1)C2=N. The third-order valence-corrected chi connectivity index (χ3v) is 5.68. The van der Waals surface area contributed by atoms with Crippen LogP contribution in [-0.2, 0) is 28.1 Å². The van der Waals surface area contributed by atoms with E-state index < -0.39 is 11.6 Å². The standard InChI is InChI=1S/C27H35N3O5.BrH/c1-16-19(14-31)10-18-12-30(25(28)24(18)29-16)13-21(32)17-8-9-22(20(11-17)26(2,3)4)34-15-23(33)35-27(5,6)7;/h8-11,28,31H,12-15H2,1-7H3;1H. The number of nitrogens with zero attached hydrogens (tertiary/aromatic N) is 2. The van der Waals surface area contributed by atoms with Gasteiger partial charge in [-0.15, -0.1) is 17.0 Å². The molecule has 8 nitrogen and oxygen atoms in total. The Labute approximate surface area is 223 Å². The number of aryl methyl sites for hydroxylation is 1. The van der Waals surface area contributed by atoms with Gasteiger partial charge in [0.1, 0.15) is 22.9 Å². The van der Waals surface area contributed by atoms with E-state index in [2.05, 4.69) is 4.98 Å². The van der Waals surface area contributed by atoms with Crippen molar-refractivity contribution in [2.45, 2.75) is 72.6 Å². The Morgan fingerprint density at radius 2 is 1.81 bits per heavy atom. The third kappa shape index (κ3) is 6.91. The lowest BCUT2D eigenvalue weighted by atomic mass is 9.85. The highest BCUT2D eigenvalue weighted by Crippen LogP contribution is 2.33. The summed E-state index contributed by atoms with van der Waals surface area (Å²) in [5.74, 6) is 0.135. The number of pyridine rings is 1. The van der Waals surface area contributed by atoms with Gasteiger partial charge >= 0.3 is 5.97 Å². The molecule has 1 aliphatic rings. The molecule has 2 aromatic rings. The minimum atomic E-state index is -0.597. The van der Waals surface area contributed by atoms with Crippen molar-refractivity contribution in [3.63, 3.8) is 0 Å². The van der Waals surface area contributed by atoms with Crippen molar-refractivity contribution in [2.75, 3.05) is 13.2 Å². The van der Waals surface area contributed by atoms with Crippen molar-refractivity contribution in [1.29, 1.82) is 5.41 Å². The molecular weight excluding hydrogens is 526 g/mol. The zero-order valence-corrected chi connectivity index (χ0v) is 23.7. The van der Waals surface area contributed by atoms with Gasteiger partial charge in [-0.2, -0.15) is 0 Å². The second kappa shape index (κ2) is 11.1. The van der Waals surface area contributed by atoms with Crippen LogP contribution in [0.3, 0.4) is 0 Å². The predicted octanol–water partition coefficient (Wildman–Crippen LogP) is 4.50. The number of fused-ring (bicyclic) bond motifs is 1. The van der Waals surface area contributed by atoms with Crippen LogP contribution < -0.4 is 4.74 Å². The lowest BCUT2D eigenvalue weighted by molar-refractivity contribution is -0.157. The molecule has 1 aliphatic heterocycles. The van der Waals surface area contributed by atoms with Gasteiger partial charge in [0.2, 0.25) is 0 Å². The number of rotatable bonds is 7. The first-order chi connectivity index (χ1) is 16.2. The highest BCUT2D eigenvalue weighted by atomic mass is 79.9. The Morgan fingerprint density at radius 1 is 1.14 bits per heavy atom. The number of hydrogen-bond acceptors (Lipinski definition) is 7. The van der Waals surface area contributed by atoms with Crippen molar-refractivity contribution in [3.05, 3.63) is 57.9 Å². The number of benzene rings is 1. The monoisotopic (exact) mass is 561 g/mol. The first-order valence-corrected chi connectivity index (χ1v) is 11.7. The van der Waals surface area contributed by atoms with E-state index in [9.17, 15) is 14.7 Å². The minimum Gasteiger partial charge on any atom is -0.482 e. The molecular formula is C27H36BrN3O5. The highest BCUT2D eigenvalue weighted by Gasteiger charge is 2.29. The fraction of sp³-hybridized carbons (Fsp3) is 0.481. The molecule has 1 aromatic heterocycles. The van der Waals surface area contributed by atoms with E-state index in [-0.39, 0.29) is 53.8 Å². The molecule has 0 amide bonds. The van der Waals surface area contributed by atoms with Crippen LogP contribution in [0.2, 0.25) is 0 Å². The Kier molecular flexibility index (Phi) is 9.07. The number of nitrogens with one attached hydrogen (secondary N) is 1. The Morgan fingerprint density at radius 3 is 2.39 bits per heavy atom. The molecule has 1 aromatic carbocycles. The van der Waals surface area contributed by atoms with Crippen molar-refractivity contribution in [1.82, 2.24) is 9.88 Å². The number of carbonyl (C=O) groups excluding carboxylic acids is 2. The second-order valence-corrected chi connectivity index (χ2v) is 10.9. The van der Waals surface area contributed by atoms with E-state index in [1.807, 2.05) is 26.8 Å². The molecule has 0 unspecified atom stereocenters. The van der Waals surface area contributed by atoms with Crippen LogP contribution in [0, 0.1) is 12.3 Å². The number of halogens is 1. The van der Waals surface area contributed by atoms with E-state index in [0.29, 0.717) is 29.2 Å². The number of Topliss-reactive ketones (excluding diaryl/α,β-unsaturated/α-hetero) is 1. The number of hydrogen-bond donors (Lipinski definition) is 2. The summed E-state index contributed by atoms with van der Waals surface area (Å²) in [6.07, 6.45) is 0. The van der Waals surface area contributed by atoms with Crippen molar-refractivity contribution in [2.24, 2.45) is 0 Å². The predicted molar refractivity (Wildman–Crippen MR) is 143 cm³/mol. The second-order valence-electron chi connectivity index (χ2n) is 10.9. The van der Waals surface area contributed by atoms with Gasteiger partial charge in [0.05, 0.1) is 13.2 Å². The molecule has 0 fully saturated rings. The Balaban J connectivity index is 0.00000456. The van der Waals surface area contributed by atoms with Crippen molar-refractivity contribution in [3.8, 4) is 5.75 Å². The molecule has 2 heterocycles. The van der Waals surface area contributed by atoms with Gasteiger partial charge in [-0.25, -0.2) is 9.78 Å². The number of aliphatic hydroxyl groups excluding tert-OH is 1. The van der Waals surface area contributed by atoms with E-state index in [1.54, 1.807) is 50.8 Å². The minimum absolute atomic E-state index is 0. The van der Waals surface area contributed by atoms with Crippen molar-refractivity contribution < 1.29 is 24.2 Å². The molecule has 0 radical (unpaired) electrons. The smallest absolute Gasteiger partial charge is 0.344 e. The zero-order chi connectivity index (χ0) is 26.1. The first kappa shape index (κ1) is 29.5. The number of carbonyl (C=O) groups is 2.